The van der Waals surface area contributed by atoms with E-state index in [1.807, 2.05) is 0 Å². The molecule has 4 unspecified atom stereocenters. The van der Waals surface area contributed by atoms with Gasteiger partial charge in [-0.05, 0) is 13.5 Å². The third kappa shape index (κ3) is 4.68. The number of likely N-dealkylation sites (N-methyl/N-ethyl adjacent to an activating group) is 1. The van der Waals surface area contributed by atoms with Gasteiger partial charge >= 0.3 is 5.97 Å². The van der Waals surface area contributed by atoms with Crippen LogP contribution in [-0.4, -0.2) is 159 Å². The highest BCUT2D eigenvalue weighted by molar-refractivity contribution is 5.05. The first kappa shape index (κ1) is 28.4. The van der Waals surface area contributed by atoms with E-state index in [0.29, 0.717) is 0 Å². The molecule has 210 valence electrons. The van der Waals surface area contributed by atoms with Crippen molar-refractivity contribution in [2.45, 2.75) is 104 Å². The molecule has 4 fully saturated rings. The highest BCUT2D eigenvalue weighted by atomic mass is 16.9. The van der Waals surface area contributed by atoms with E-state index in [9.17, 15) is 40.9 Å². The maximum Gasteiger partial charge on any atom is 0.314 e. The maximum atomic E-state index is 10.8. The second kappa shape index (κ2) is 10.9. The molecule has 0 radical (unpaired) electrons. The Balaban J connectivity index is 1.62. The minimum atomic E-state index is -2.46. The molecule has 4 aliphatic rings. The average molecular weight is 528 g/mol. The molecule has 0 bridgehead atoms. The van der Waals surface area contributed by atoms with Crippen LogP contribution in [0, 0.1) is 0 Å². The number of fused-ring (bicyclic) bond motifs is 1. The molecule has 0 aromatic heterocycles. The van der Waals surface area contributed by atoms with Crippen molar-refractivity contribution in [3.63, 3.8) is 0 Å². The highest BCUT2D eigenvalue weighted by Crippen LogP contribution is 2.45. The molecular formula is C20H37N3O13. The fourth-order valence-corrected chi connectivity index (χ4v) is 5.24. The summed E-state index contributed by atoms with van der Waals surface area (Å²) in [6, 6.07) is -2.46. The normalized spacial score (nSPS) is 54.4. The summed E-state index contributed by atoms with van der Waals surface area (Å²) in [5.74, 6) is -2.46. The average Bonchev–Trinajstić information content (AvgIpc) is 3.27. The lowest BCUT2D eigenvalue weighted by molar-refractivity contribution is -0.439. The van der Waals surface area contributed by atoms with Crippen molar-refractivity contribution in [2.24, 2.45) is 11.5 Å². The van der Waals surface area contributed by atoms with E-state index in [4.69, 9.17) is 35.2 Å². The Kier molecular flexibility index (Phi) is 8.55. The molecule has 1 saturated carbocycles. The van der Waals surface area contributed by atoms with Gasteiger partial charge in [0.2, 0.25) is 0 Å². The Morgan fingerprint density at radius 3 is 2.22 bits per heavy atom. The second-order valence-electron chi connectivity index (χ2n) is 9.72. The van der Waals surface area contributed by atoms with E-state index >= 15 is 0 Å². The summed E-state index contributed by atoms with van der Waals surface area (Å²) in [5.41, 5.74) is 11.7. The van der Waals surface area contributed by atoms with E-state index in [2.05, 4.69) is 5.32 Å². The van der Waals surface area contributed by atoms with Crippen molar-refractivity contribution in [1.29, 1.82) is 0 Å². The number of rotatable bonds is 6. The van der Waals surface area contributed by atoms with Gasteiger partial charge in [0.05, 0.1) is 25.4 Å². The van der Waals surface area contributed by atoms with Crippen molar-refractivity contribution >= 4 is 0 Å². The number of hydrogen-bond acceptors (Lipinski definition) is 16. The van der Waals surface area contributed by atoms with Crippen LogP contribution in [0.25, 0.3) is 0 Å². The zero-order chi connectivity index (χ0) is 26.5. The third-order valence-electron chi connectivity index (χ3n) is 7.41. The van der Waals surface area contributed by atoms with E-state index in [1.54, 1.807) is 7.05 Å². The molecular weight excluding hydrogens is 490 g/mol. The number of nitrogens with one attached hydrogen (secondary N) is 1. The van der Waals surface area contributed by atoms with Gasteiger partial charge in [0.15, 0.2) is 12.4 Å². The lowest BCUT2D eigenvalue weighted by Crippen LogP contribution is -2.69. The predicted octanol–water partition coefficient (Wildman–Crippen LogP) is -7.27. The smallest absolute Gasteiger partial charge is 0.314 e. The zero-order valence-corrected chi connectivity index (χ0v) is 19.6. The number of aliphatic hydroxyl groups is 8. The summed E-state index contributed by atoms with van der Waals surface area (Å²) in [6.07, 6.45) is -17.5. The summed E-state index contributed by atoms with van der Waals surface area (Å²) >= 11 is 0. The summed E-state index contributed by atoms with van der Waals surface area (Å²) in [4.78, 5) is 0. The van der Waals surface area contributed by atoms with Gasteiger partial charge in [0.1, 0.15) is 54.9 Å². The number of aliphatic hydroxyl groups excluding tert-OH is 8. The van der Waals surface area contributed by atoms with Gasteiger partial charge in [-0.1, -0.05) is 0 Å². The topological polar surface area (TPSA) is 272 Å². The molecule has 16 heteroatoms. The summed E-state index contributed by atoms with van der Waals surface area (Å²) < 4.78 is 28.9. The largest absolute Gasteiger partial charge is 0.395 e. The molecule has 1 aliphatic carbocycles. The first-order valence-electron chi connectivity index (χ1n) is 11.8. The van der Waals surface area contributed by atoms with Gasteiger partial charge in [-0.2, -0.15) is 0 Å². The van der Waals surface area contributed by atoms with Gasteiger partial charge in [-0.25, -0.2) is 0 Å². The Labute approximate surface area is 206 Å². The van der Waals surface area contributed by atoms with E-state index in [-0.39, 0.29) is 6.42 Å². The Morgan fingerprint density at radius 2 is 1.61 bits per heavy atom. The fraction of sp³-hybridized carbons (Fsp3) is 1.00. The molecule has 3 aliphatic heterocycles. The van der Waals surface area contributed by atoms with Gasteiger partial charge < -0.3 is 81.3 Å². The second-order valence-corrected chi connectivity index (χ2v) is 9.72. The minimum absolute atomic E-state index is 0.236. The molecule has 0 aromatic rings. The molecule has 0 aromatic carbocycles. The van der Waals surface area contributed by atoms with Crippen LogP contribution in [0.5, 0.6) is 0 Å². The van der Waals surface area contributed by atoms with Crippen LogP contribution >= 0.6 is 0 Å². The molecule has 16 atom stereocenters. The van der Waals surface area contributed by atoms with Crippen LogP contribution in [0.3, 0.4) is 0 Å². The standard InChI is InChI=1S/C20H37N3O13/c1-23-7-2-5(21)9(26)11(28)15(7)33-19-17-16(10(27)8(4-25)32-19)35-20(36-17)18(31)13(30)12(29)14(34-20)6(22)3-24/h5-19,23-31H,2-4,21-22H2,1H3/t5-,6?,7-,8+,9+,10-,11-,12+,13-,14+,15-,16-,17-,18?,19?,20?/m0/s1. The van der Waals surface area contributed by atoms with Gasteiger partial charge in [0.25, 0.3) is 0 Å². The van der Waals surface area contributed by atoms with Crippen LogP contribution < -0.4 is 16.8 Å². The summed E-state index contributed by atoms with van der Waals surface area (Å²) in [7, 11) is 1.61. The maximum absolute atomic E-state index is 10.8. The van der Waals surface area contributed by atoms with Crippen LogP contribution in [0.1, 0.15) is 6.42 Å². The lowest BCUT2D eigenvalue weighted by atomic mass is 9.84. The molecule has 3 saturated heterocycles. The Hall–Kier alpha value is -0.640. The van der Waals surface area contributed by atoms with E-state index in [1.165, 1.54) is 0 Å². The quantitative estimate of drug-likeness (QED) is 0.153. The van der Waals surface area contributed by atoms with Crippen LogP contribution in [0.2, 0.25) is 0 Å². The molecule has 0 amide bonds. The van der Waals surface area contributed by atoms with Gasteiger partial charge in [-0.15, -0.1) is 0 Å². The van der Waals surface area contributed by atoms with Crippen LogP contribution in [0.4, 0.5) is 0 Å². The highest BCUT2D eigenvalue weighted by Gasteiger charge is 2.67. The van der Waals surface area contributed by atoms with Crippen molar-refractivity contribution in [2.75, 3.05) is 20.3 Å². The Bertz CT molecular complexity index is 754. The zero-order valence-electron chi connectivity index (χ0n) is 19.6. The molecule has 13 N–H and O–H groups in total. The number of nitrogens with two attached hydrogens (primary N) is 2. The third-order valence-corrected chi connectivity index (χ3v) is 7.41. The molecule has 36 heavy (non-hydrogen) atoms. The monoisotopic (exact) mass is 527 g/mol. The fourth-order valence-electron chi connectivity index (χ4n) is 5.24. The van der Waals surface area contributed by atoms with E-state index < -0.39 is 111 Å². The van der Waals surface area contributed by atoms with Crippen molar-refractivity contribution in [1.82, 2.24) is 5.32 Å². The van der Waals surface area contributed by atoms with Crippen molar-refractivity contribution in [3.8, 4) is 0 Å². The first-order chi connectivity index (χ1) is 17.0. The Morgan fingerprint density at radius 1 is 0.944 bits per heavy atom. The van der Waals surface area contributed by atoms with Crippen LogP contribution in [0.15, 0.2) is 0 Å². The number of ether oxygens (including phenoxy) is 5. The summed E-state index contributed by atoms with van der Waals surface area (Å²) in [6.45, 7) is -1.31. The van der Waals surface area contributed by atoms with Crippen LogP contribution in [-0.2, 0) is 23.7 Å². The SMILES string of the molecule is CN[C@H]1C[C@H](N)[C@@H](O)[C@H](O)[C@H]1OC1O[C@H](CO)[C@H](O)[C@@H]2OC3(O[C@H](C(N)CO)[C@H](O)[C@H](O)C3O)O[C@H]12. The molecule has 16 nitrogen and oxygen atoms in total. The summed E-state index contributed by atoms with van der Waals surface area (Å²) in [5, 5.41) is 85.3. The number of hydrogen-bond donors (Lipinski definition) is 11. The predicted molar refractivity (Wildman–Crippen MR) is 115 cm³/mol. The molecule has 4 rings (SSSR count). The van der Waals surface area contributed by atoms with Crippen molar-refractivity contribution in [3.05, 3.63) is 0 Å². The lowest BCUT2D eigenvalue weighted by Gasteiger charge is -2.46. The molecule has 3 heterocycles. The minimum Gasteiger partial charge on any atom is -0.395 e. The van der Waals surface area contributed by atoms with Crippen molar-refractivity contribution < 1.29 is 64.5 Å². The van der Waals surface area contributed by atoms with Gasteiger partial charge in [-0.3, -0.25) is 0 Å². The first-order valence-corrected chi connectivity index (χ1v) is 11.8. The molecule has 1 spiro atoms. The van der Waals surface area contributed by atoms with E-state index in [0.717, 1.165) is 0 Å². The van der Waals surface area contributed by atoms with Gasteiger partial charge in [0, 0.05) is 12.1 Å².